The Kier molecular flexibility index (Phi) is 7.67. The van der Waals surface area contributed by atoms with E-state index in [1.165, 1.54) is 23.4 Å². The molecule has 0 amide bonds. The van der Waals surface area contributed by atoms with Crippen molar-refractivity contribution >= 4 is 31.5 Å². The first-order chi connectivity index (χ1) is 16.0. The third-order valence-electron chi connectivity index (χ3n) is 5.57. The standard InChI is InChI=1S/C25H29NO6S2/c1-5-6-16-26(33(4,28)29)25-24(21-14-12-20(13-15-21)19(3)27)18(2)23(32-25)17-34(30,31)22-10-8-7-9-11-22/h7-15H,5-6,16-17H2,1-4H3. The molecule has 182 valence electrons. The van der Waals surface area contributed by atoms with Gasteiger partial charge < -0.3 is 4.42 Å². The molecule has 3 aromatic rings. The first kappa shape index (κ1) is 25.7. The number of unbranched alkanes of at least 4 members (excludes halogenated alkanes) is 1. The van der Waals surface area contributed by atoms with E-state index in [-0.39, 0.29) is 28.9 Å². The van der Waals surface area contributed by atoms with Crippen molar-refractivity contribution in [3.05, 3.63) is 71.5 Å². The monoisotopic (exact) mass is 503 g/mol. The second kappa shape index (κ2) is 10.1. The van der Waals surface area contributed by atoms with Crippen molar-refractivity contribution in [3.63, 3.8) is 0 Å². The van der Waals surface area contributed by atoms with Crippen molar-refractivity contribution in [1.29, 1.82) is 0 Å². The third kappa shape index (κ3) is 5.59. The Morgan fingerprint density at radius 3 is 2.12 bits per heavy atom. The molecule has 9 heteroatoms. The van der Waals surface area contributed by atoms with Crippen LogP contribution in [0.1, 0.15) is 48.4 Å². The number of sulfonamides is 1. The number of carbonyl (C=O) groups is 1. The minimum absolute atomic E-state index is 0.0855. The lowest BCUT2D eigenvalue weighted by Gasteiger charge is -2.21. The third-order valence-corrected chi connectivity index (χ3v) is 8.35. The number of rotatable bonds is 10. The fourth-order valence-corrected chi connectivity index (χ4v) is 5.92. The first-order valence-corrected chi connectivity index (χ1v) is 14.4. The highest BCUT2D eigenvalue weighted by atomic mass is 32.2. The molecule has 0 atom stereocenters. The van der Waals surface area contributed by atoms with Crippen LogP contribution in [0.5, 0.6) is 0 Å². The highest BCUT2D eigenvalue weighted by molar-refractivity contribution is 7.92. The lowest BCUT2D eigenvalue weighted by atomic mass is 10.0. The van der Waals surface area contributed by atoms with Crippen LogP contribution in [0.15, 0.2) is 63.9 Å². The summed E-state index contributed by atoms with van der Waals surface area (Å²) in [6, 6.07) is 14.8. The molecule has 0 saturated carbocycles. The summed E-state index contributed by atoms with van der Waals surface area (Å²) in [6.07, 6.45) is 2.47. The maximum Gasteiger partial charge on any atom is 0.234 e. The van der Waals surface area contributed by atoms with Gasteiger partial charge in [0.25, 0.3) is 0 Å². The molecule has 0 bridgehead atoms. The highest BCUT2D eigenvalue weighted by Crippen LogP contribution is 2.41. The fraction of sp³-hybridized carbons (Fsp3) is 0.320. The number of anilines is 1. The van der Waals surface area contributed by atoms with E-state index in [2.05, 4.69) is 0 Å². The maximum absolute atomic E-state index is 13.0. The summed E-state index contributed by atoms with van der Waals surface area (Å²) < 4.78 is 58.7. The molecule has 0 aliphatic heterocycles. The number of nitrogens with zero attached hydrogens (tertiary/aromatic N) is 1. The largest absolute Gasteiger partial charge is 0.442 e. The van der Waals surface area contributed by atoms with Crippen LogP contribution in [-0.2, 0) is 25.6 Å². The predicted molar refractivity (Wildman–Crippen MR) is 133 cm³/mol. The zero-order chi connectivity index (χ0) is 25.1. The van der Waals surface area contributed by atoms with Gasteiger partial charge in [0.05, 0.1) is 11.2 Å². The van der Waals surface area contributed by atoms with E-state index in [9.17, 15) is 21.6 Å². The van der Waals surface area contributed by atoms with E-state index in [0.717, 1.165) is 12.7 Å². The highest BCUT2D eigenvalue weighted by Gasteiger charge is 2.30. The van der Waals surface area contributed by atoms with E-state index in [0.29, 0.717) is 28.7 Å². The van der Waals surface area contributed by atoms with Crippen LogP contribution in [0.25, 0.3) is 11.1 Å². The molecule has 34 heavy (non-hydrogen) atoms. The molecule has 3 rings (SSSR count). The summed E-state index contributed by atoms with van der Waals surface area (Å²) in [5, 5.41) is 0. The number of benzene rings is 2. The molecule has 1 aromatic heterocycles. The summed E-state index contributed by atoms with van der Waals surface area (Å²) in [5.74, 6) is -0.241. The van der Waals surface area contributed by atoms with Gasteiger partial charge in [0.2, 0.25) is 15.9 Å². The molecule has 0 radical (unpaired) electrons. The lowest BCUT2D eigenvalue weighted by molar-refractivity contribution is 0.101. The van der Waals surface area contributed by atoms with Gasteiger partial charge in [0.15, 0.2) is 15.6 Å². The molecular formula is C25H29NO6S2. The van der Waals surface area contributed by atoms with Crippen molar-refractivity contribution < 1.29 is 26.0 Å². The minimum atomic E-state index is -3.72. The number of furan rings is 1. The van der Waals surface area contributed by atoms with Crippen LogP contribution in [0.2, 0.25) is 0 Å². The Morgan fingerprint density at radius 2 is 1.59 bits per heavy atom. The summed E-state index contributed by atoms with van der Waals surface area (Å²) in [7, 11) is -7.43. The second-order valence-electron chi connectivity index (χ2n) is 8.22. The van der Waals surface area contributed by atoms with Gasteiger partial charge in [0.1, 0.15) is 11.5 Å². The summed E-state index contributed by atoms with van der Waals surface area (Å²) >= 11 is 0. The van der Waals surface area contributed by atoms with Crippen LogP contribution in [0.4, 0.5) is 5.88 Å². The van der Waals surface area contributed by atoms with Crippen LogP contribution in [0.3, 0.4) is 0 Å². The summed E-state index contributed by atoms with van der Waals surface area (Å²) in [4.78, 5) is 11.9. The number of sulfone groups is 1. The maximum atomic E-state index is 13.0. The van der Waals surface area contributed by atoms with Gasteiger partial charge in [0, 0.05) is 23.2 Å². The molecule has 0 aliphatic carbocycles. The summed E-state index contributed by atoms with van der Waals surface area (Å²) in [5.41, 5.74) is 2.18. The molecule has 0 spiro atoms. The predicted octanol–water partition coefficient (Wildman–Crippen LogP) is 5.00. The Balaban J connectivity index is 2.19. The van der Waals surface area contributed by atoms with Crippen molar-refractivity contribution in [3.8, 4) is 11.1 Å². The number of carbonyl (C=O) groups excluding carboxylic acids is 1. The smallest absolute Gasteiger partial charge is 0.234 e. The van der Waals surface area contributed by atoms with Gasteiger partial charge in [-0.3, -0.25) is 4.79 Å². The average molecular weight is 504 g/mol. The molecule has 7 nitrogen and oxygen atoms in total. The lowest BCUT2D eigenvalue weighted by Crippen LogP contribution is -2.31. The molecule has 0 saturated heterocycles. The zero-order valence-electron chi connectivity index (χ0n) is 19.7. The Hall–Kier alpha value is -2.91. The minimum Gasteiger partial charge on any atom is -0.442 e. The summed E-state index contributed by atoms with van der Waals surface area (Å²) in [6.45, 7) is 5.34. The zero-order valence-corrected chi connectivity index (χ0v) is 21.4. The van der Waals surface area contributed by atoms with Crippen LogP contribution < -0.4 is 4.31 Å². The van der Waals surface area contributed by atoms with Crippen LogP contribution >= 0.6 is 0 Å². The molecule has 0 N–H and O–H groups in total. The van der Waals surface area contributed by atoms with Gasteiger partial charge >= 0.3 is 0 Å². The van der Waals surface area contributed by atoms with E-state index in [1.54, 1.807) is 49.4 Å². The second-order valence-corrected chi connectivity index (χ2v) is 12.1. The van der Waals surface area contributed by atoms with Crippen molar-refractivity contribution in [1.82, 2.24) is 0 Å². The van der Waals surface area contributed by atoms with Crippen LogP contribution in [-0.4, -0.2) is 35.4 Å². The Labute approximate surface area is 201 Å². The van der Waals surface area contributed by atoms with E-state index < -0.39 is 25.6 Å². The molecule has 1 heterocycles. The SMILES string of the molecule is CCCCN(c1oc(CS(=O)(=O)c2ccccc2)c(C)c1-c1ccc(C(C)=O)cc1)S(C)(=O)=O. The Morgan fingerprint density at radius 1 is 0.971 bits per heavy atom. The number of Topliss-reactive ketones (excluding diaryl/α,β-unsaturated/α-hetero) is 1. The number of ketones is 1. The normalized spacial score (nSPS) is 12.0. The quantitative estimate of drug-likeness (QED) is 0.361. The van der Waals surface area contributed by atoms with Crippen molar-refractivity contribution in [2.75, 3.05) is 17.1 Å². The molecular weight excluding hydrogens is 474 g/mol. The molecule has 0 fully saturated rings. The van der Waals surface area contributed by atoms with Gasteiger partial charge in [-0.25, -0.2) is 21.1 Å². The fourth-order valence-electron chi connectivity index (χ4n) is 3.67. The van der Waals surface area contributed by atoms with Crippen LogP contribution in [0, 0.1) is 6.92 Å². The van der Waals surface area contributed by atoms with Gasteiger partial charge in [-0.05, 0) is 38.0 Å². The van der Waals surface area contributed by atoms with Gasteiger partial charge in [-0.15, -0.1) is 0 Å². The number of hydrogen-bond acceptors (Lipinski definition) is 6. The molecule has 0 aliphatic rings. The van der Waals surface area contributed by atoms with Crippen molar-refractivity contribution in [2.24, 2.45) is 0 Å². The van der Waals surface area contributed by atoms with E-state index >= 15 is 0 Å². The molecule has 2 aromatic carbocycles. The average Bonchev–Trinajstić information content (AvgIpc) is 3.08. The van der Waals surface area contributed by atoms with E-state index in [4.69, 9.17) is 4.42 Å². The Bertz CT molecular complexity index is 1370. The van der Waals surface area contributed by atoms with Gasteiger partial charge in [-0.1, -0.05) is 55.8 Å². The van der Waals surface area contributed by atoms with E-state index in [1.807, 2.05) is 6.92 Å². The topological polar surface area (TPSA) is 102 Å². The van der Waals surface area contributed by atoms with Crippen molar-refractivity contribution in [2.45, 2.75) is 44.3 Å². The number of hydrogen-bond donors (Lipinski definition) is 0. The first-order valence-electron chi connectivity index (χ1n) is 10.9. The molecule has 0 unspecified atom stereocenters. The van der Waals surface area contributed by atoms with Gasteiger partial charge in [-0.2, -0.15) is 0 Å².